The largest absolute Gasteiger partial charge is 0.497 e. The van der Waals surface area contributed by atoms with Crippen molar-refractivity contribution in [3.63, 3.8) is 0 Å². The summed E-state index contributed by atoms with van der Waals surface area (Å²) in [6.45, 7) is 2.55. The minimum atomic E-state index is -0.547. The second-order valence-corrected chi connectivity index (χ2v) is 7.59. The van der Waals surface area contributed by atoms with Gasteiger partial charge in [0, 0.05) is 31.9 Å². The molecular weight excluding hydrogens is 368 g/mol. The number of hydrogen-bond acceptors (Lipinski definition) is 5. The van der Waals surface area contributed by atoms with Crippen LogP contribution in [-0.4, -0.2) is 56.7 Å². The van der Waals surface area contributed by atoms with Crippen molar-refractivity contribution in [1.29, 1.82) is 0 Å². The Labute approximate surface area is 171 Å². The summed E-state index contributed by atoms with van der Waals surface area (Å²) in [5.74, 6) is 0.416. The smallest absolute Gasteiger partial charge is 0.317 e. The number of carbonyl (C=O) groups is 2. The highest BCUT2D eigenvalue weighted by Crippen LogP contribution is 2.49. The van der Waals surface area contributed by atoms with E-state index < -0.39 is 5.41 Å². The van der Waals surface area contributed by atoms with E-state index in [1.807, 2.05) is 54.6 Å². The van der Waals surface area contributed by atoms with Crippen LogP contribution in [0.4, 0.5) is 5.69 Å². The summed E-state index contributed by atoms with van der Waals surface area (Å²) in [5.41, 5.74) is 1.54. The molecule has 6 nitrogen and oxygen atoms in total. The molecule has 0 radical (unpaired) electrons. The summed E-state index contributed by atoms with van der Waals surface area (Å²) < 4.78 is 10.6. The first-order valence-corrected chi connectivity index (χ1v) is 10.0. The summed E-state index contributed by atoms with van der Waals surface area (Å²) in [5, 5.41) is 0. The van der Waals surface area contributed by atoms with Crippen LogP contribution in [0.5, 0.6) is 5.75 Å². The number of esters is 1. The molecule has 0 N–H and O–H groups in total. The average Bonchev–Trinajstić information content (AvgIpc) is 3.60. The first-order chi connectivity index (χ1) is 14.1. The standard InChI is InChI=1S/C23H26N2O4/c1-28-20-9-7-19(8-10-20)24-13-15-25(16-14-24)21(26)17-29-22(27)23(11-12-23)18-5-3-2-4-6-18/h2-10H,11-17H2,1H3. The van der Waals surface area contributed by atoms with Crippen LogP contribution >= 0.6 is 0 Å². The lowest BCUT2D eigenvalue weighted by Gasteiger charge is -2.36. The van der Waals surface area contributed by atoms with Gasteiger partial charge >= 0.3 is 5.97 Å². The molecule has 2 fully saturated rings. The van der Waals surface area contributed by atoms with Gasteiger partial charge in [-0.3, -0.25) is 9.59 Å². The van der Waals surface area contributed by atoms with Gasteiger partial charge in [-0.25, -0.2) is 0 Å². The van der Waals surface area contributed by atoms with E-state index in [0.717, 1.165) is 42.9 Å². The summed E-state index contributed by atoms with van der Waals surface area (Å²) in [7, 11) is 1.65. The molecule has 0 spiro atoms. The van der Waals surface area contributed by atoms with Crippen LogP contribution in [0.2, 0.25) is 0 Å². The normalized spacial score (nSPS) is 17.6. The van der Waals surface area contributed by atoms with E-state index in [2.05, 4.69) is 4.90 Å². The lowest BCUT2D eigenvalue weighted by atomic mass is 9.96. The van der Waals surface area contributed by atoms with E-state index in [0.29, 0.717) is 13.1 Å². The number of methoxy groups -OCH3 is 1. The van der Waals surface area contributed by atoms with Gasteiger partial charge in [-0.2, -0.15) is 0 Å². The average molecular weight is 394 g/mol. The summed E-state index contributed by atoms with van der Waals surface area (Å²) in [6, 6.07) is 17.6. The molecule has 29 heavy (non-hydrogen) atoms. The van der Waals surface area contributed by atoms with Crippen LogP contribution < -0.4 is 9.64 Å². The van der Waals surface area contributed by atoms with E-state index in [1.165, 1.54) is 0 Å². The predicted octanol–water partition coefficient (Wildman–Crippen LogP) is 2.62. The van der Waals surface area contributed by atoms with Crippen LogP contribution in [0, 0.1) is 0 Å². The molecule has 2 aromatic rings. The van der Waals surface area contributed by atoms with Gasteiger partial charge in [-0.1, -0.05) is 30.3 Å². The molecule has 1 heterocycles. The number of piperazine rings is 1. The van der Waals surface area contributed by atoms with E-state index in [-0.39, 0.29) is 18.5 Å². The lowest BCUT2D eigenvalue weighted by Crippen LogP contribution is -2.50. The maximum absolute atomic E-state index is 12.6. The van der Waals surface area contributed by atoms with Crippen LogP contribution in [0.15, 0.2) is 54.6 Å². The zero-order valence-corrected chi connectivity index (χ0v) is 16.7. The molecule has 1 aliphatic heterocycles. The maximum Gasteiger partial charge on any atom is 0.317 e. The molecule has 1 saturated heterocycles. The topological polar surface area (TPSA) is 59.1 Å². The van der Waals surface area contributed by atoms with Gasteiger partial charge in [-0.15, -0.1) is 0 Å². The highest BCUT2D eigenvalue weighted by molar-refractivity contribution is 5.89. The van der Waals surface area contributed by atoms with Crippen molar-refractivity contribution in [3.05, 3.63) is 60.2 Å². The second-order valence-electron chi connectivity index (χ2n) is 7.59. The quantitative estimate of drug-likeness (QED) is 0.705. The molecular formula is C23H26N2O4. The van der Waals surface area contributed by atoms with E-state index >= 15 is 0 Å². The van der Waals surface area contributed by atoms with Crippen molar-refractivity contribution in [2.75, 3.05) is 44.8 Å². The maximum atomic E-state index is 12.6. The van der Waals surface area contributed by atoms with Crippen LogP contribution in [0.3, 0.4) is 0 Å². The Bertz CT molecular complexity index is 854. The number of anilines is 1. The van der Waals surface area contributed by atoms with Gasteiger partial charge in [0.1, 0.15) is 5.75 Å². The minimum absolute atomic E-state index is 0.128. The monoisotopic (exact) mass is 394 g/mol. The number of amides is 1. The van der Waals surface area contributed by atoms with Gasteiger partial charge in [0.05, 0.1) is 12.5 Å². The first kappa shape index (κ1) is 19.3. The molecule has 2 aliphatic rings. The van der Waals surface area contributed by atoms with Crippen LogP contribution in [0.25, 0.3) is 0 Å². The number of rotatable bonds is 6. The third-order valence-corrected chi connectivity index (χ3v) is 5.86. The molecule has 4 rings (SSSR count). The minimum Gasteiger partial charge on any atom is -0.497 e. The molecule has 1 aliphatic carbocycles. The van der Waals surface area contributed by atoms with Crippen molar-refractivity contribution in [3.8, 4) is 5.75 Å². The SMILES string of the molecule is COc1ccc(N2CCN(C(=O)COC(=O)C3(c4ccccc4)CC3)CC2)cc1. The lowest BCUT2D eigenvalue weighted by molar-refractivity contribution is -0.154. The molecule has 1 amide bonds. The van der Waals surface area contributed by atoms with Gasteiger partial charge < -0.3 is 19.3 Å². The number of benzene rings is 2. The number of carbonyl (C=O) groups excluding carboxylic acids is 2. The Hall–Kier alpha value is -3.02. The molecule has 0 aromatic heterocycles. The van der Waals surface area contributed by atoms with Crippen molar-refractivity contribution in [2.24, 2.45) is 0 Å². The van der Waals surface area contributed by atoms with Gasteiger partial charge in [0.15, 0.2) is 6.61 Å². The van der Waals surface area contributed by atoms with Crippen molar-refractivity contribution in [1.82, 2.24) is 4.90 Å². The summed E-state index contributed by atoms with van der Waals surface area (Å²) >= 11 is 0. The third-order valence-electron chi connectivity index (χ3n) is 5.86. The van der Waals surface area contributed by atoms with Crippen molar-refractivity contribution >= 4 is 17.6 Å². The molecule has 0 unspecified atom stereocenters. The van der Waals surface area contributed by atoms with Crippen molar-refractivity contribution < 1.29 is 19.1 Å². The van der Waals surface area contributed by atoms with Crippen molar-refractivity contribution in [2.45, 2.75) is 18.3 Å². The number of ether oxygens (including phenoxy) is 2. The van der Waals surface area contributed by atoms with E-state index in [1.54, 1.807) is 12.0 Å². The highest BCUT2D eigenvalue weighted by Gasteiger charge is 2.52. The van der Waals surface area contributed by atoms with Gasteiger partial charge in [-0.05, 0) is 42.7 Å². The highest BCUT2D eigenvalue weighted by atomic mass is 16.5. The summed E-state index contributed by atoms with van der Waals surface area (Å²) in [6.07, 6.45) is 1.56. The van der Waals surface area contributed by atoms with Gasteiger partial charge in [0.25, 0.3) is 5.91 Å². The number of hydrogen-bond donors (Lipinski definition) is 0. The Morgan fingerprint density at radius 1 is 0.931 bits per heavy atom. The Balaban J connectivity index is 1.26. The fourth-order valence-electron chi connectivity index (χ4n) is 3.86. The Morgan fingerprint density at radius 2 is 1.59 bits per heavy atom. The van der Waals surface area contributed by atoms with E-state index in [4.69, 9.17) is 9.47 Å². The van der Waals surface area contributed by atoms with Gasteiger partial charge in [0.2, 0.25) is 0 Å². The molecule has 0 atom stereocenters. The number of nitrogens with zero attached hydrogens (tertiary/aromatic N) is 2. The molecule has 6 heteroatoms. The zero-order valence-electron chi connectivity index (χ0n) is 16.7. The van der Waals surface area contributed by atoms with E-state index in [9.17, 15) is 9.59 Å². The van der Waals surface area contributed by atoms with Crippen LogP contribution in [0.1, 0.15) is 18.4 Å². The zero-order chi connectivity index (χ0) is 20.3. The second kappa shape index (κ2) is 8.15. The fraction of sp³-hybridized carbons (Fsp3) is 0.391. The molecule has 152 valence electrons. The third kappa shape index (κ3) is 4.06. The van der Waals surface area contributed by atoms with Crippen LogP contribution in [-0.2, 0) is 19.7 Å². The first-order valence-electron chi connectivity index (χ1n) is 10.0. The molecule has 2 aromatic carbocycles. The Morgan fingerprint density at radius 3 is 2.17 bits per heavy atom. The fourth-order valence-corrected chi connectivity index (χ4v) is 3.86. The predicted molar refractivity (Wildman–Crippen MR) is 110 cm³/mol. The Kier molecular flexibility index (Phi) is 5.43. The molecule has 0 bridgehead atoms. The summed E-state index contributed by atoms with van der Waals surface area (Å²) in [4.78, 5) is 29.1. The molecule has 1 saturated carbocycles.